The Morgan fingerprint density at radius 1 is 1.00 bits per heavy atom. The van der Waals surface area contributed by atoms with E-state index in [-0.39, 0.29) is 9.84 Å². The molecule has 0 aromatic rings. The molecule has 0 radical (unpaired) electrons. The van der Waals surface area contributed by atoms with Gasteiger partial charge >= 0.3 is 0 Å². The quantitative estimate of drug-likeness (QED) is 0.586. The summed E-state index contributed by atoms with van der Waals surface area (Å²) in [5.41, 5.74) is 0. The Balaban J connectivity index is 3.82. The van der Waals surface area contributed by atoms with Crippen molar-refractivity contribution in [3.63, 3.8) is 0 Å². The minimum Gasteiger partial charge on any atom is -0.341 e. The summed E-state index contributed by atoms with van der Waals surface area (Å²) in [6.45, 7) is 15.4. The predicted octanol–water partition coefficient (Wildman–Crippen LogP) is 0.632. The van der Waals surface area contributed by atoms with E-state index in [1.165, 1.54) is 19.6 Å². The van der Waals surface area contributed by atoms with Gasteiger partial charge in [-0.3, -0.25) is 0 Å². The first-order valence-electron chi connectivity index (χ1n) is 5.12. The summed E-state index contributed by atoms with van der Waals surface area (Å²) < 4.78 is 5.38. The van der Waals surface area contributed by atoms with Crippen molar-refractivity contribution < 1.29 is 0 Å². The summed E-state index contributed by atoms with van der Waals surface area (Å²) in [7, 11) is -0.596. The lowest BCUT2D eigenvalue weighted by Gasteiger charge is -2.30. The molecule has 0 N–H and O–H groups in total. The van der Waals surface area contributed by atoms with E-state index in [1.807, 2.05) is 0 Å². The Kier molecular flexibility index (Phi) is 7.03. The van der Waals surface area contributed by atoms with Crippen LogP contribution in [0, 0.1) is 0 Å². The van der Waals surface area contributed by atoms with Crippen molar-refractivity contribution in [3.8, 4) is 0 Å². The van der Waals surface area contributed by atoms with Crippen LogP contribution >= 0.6 is 0 Å². The second-order valence-electron chi connectivity index (χ2n) is 3.44. The van der Waals surface area contributed by atoms with Gasteiger partial charge in [0.25, 0.3) is 0 Å². The van der Waals surface area contributed by atoms with Gasteiger partial charge in [0.1, 0.15) is 0 Å². The van der Waals surface area contributed by atoms with E-state index in [9.17, 15) is 0 Å². The maximum atomic E-state index is 2.76. The second kappa shape index (κ2) is 6.83. The molecule has 12 heavy (non-hydrogen) atoms. The number of rotatable bonds is 6. The van der Waals surface area contributed by atoms with Gasteiger partial charge in [-0.1, -0.05) is 33.9 Å². The molecule has 0 aliphatic rings. The third-order valence-corrected chi connectivity index (χ3v) is 9.02. The van der Waals surface area contributed by atoms with E-state index in [2.05, 4.69) is 42.7 Å². The fourth-order valence-corrected chi connectivity index (χ4v) is 5.15. The van der Waals surface area contributed by atoms with Crippen molar-refractivity contribution >= 4 is 18.8 Å². The molecule has 0 rings (SSSR count). The van der Waals surface area contributed by atoms with E-state index >= 15 is 0 Å². The van der Waals surface area contributed by atoms with Crippen LogP contribution in [0.3, 0.4) is 0 Å². The van der Waals surface area contributed by atoms with Crippen LogP contribution in [0.15, 0.2) is 0 Å². The molecule has 0 spiro atoms. The van der Waals surface area contributed by atoms with E-state index in [4.69, 9.17) is 0 Å². The monoisotopic (exact) mass is 204 g/mol. The predicted molar refractivity (Wildman–Crippen MR) is 62.7 cm³/mol. The largest absolute Gasteiger partial charge is 0.341 e. The zero-order valence-electron chi connectivity index (χ0n) is 9.30. The molecule has 0 fully saturated rings. The van der Waals surface area contributed by atoms with Crippen molar-refractivity contribution in [1.82, 2.24) is 8.80 Å². The third kappa shape index (κ3) is 4.40. The van der Waals surface area contributed by atoms with Crippen molar-refractivity contribution in [3.05, 3.63) is 0 Å². The van der Waals surface area contributed by atoms with Crippen LogP contribution in [0.25, 0.3) is 0 Å². The number of hydrogen-bond donors (Lipinski definition) is 0. The molecule has 0 aromatic heterocycles. The first-order chi connectivity index (χ1) is 5.65. The lowest BCUT2D eigenvalue weighted by Crippen LogP contribution is -2.46. The Morgan fingerprint density at radius 3 is 1.75 bits per heavy atom. The fourth-order valence-electron chi connectivity index (χ4n) is 1.31. The lowest BCUT2D eigenvalue weighted by molar-refractivity contribution is 0.458. The van der Waals surface area contributed by atoms with Crippen LogP contribution in [0.2, 0.25) is 13.1 Å². The molecule has 0 atom stereocenters. The first-order valence-corrected chi connectivity index (χ1v) is 9.21. The summed E-state index contributed by atoms with van der Waals surface area (Å²) in [5, 5.41) is 0. The summed E-state index contributed by atoms with van der Waals surface area (Å²) in [4.78, 5) is 0. The third-order valence-electron chi connectivity index (χ3n) is 2.41. The molecule has 0 amide bonds. The highest BCUT2D eigenvalue weighted by molar-refractivity contribution is 6.61. The van der Waals surface area contributed by atoms with Gasteiger partial charge in [-0.15, -0.1) is 0 Å². The van der Waals surface area contributed by atoms with Gasteiger partial charge in [0.05, 0.1) is 8.96 Å². The van der Waals surface area contributed by atoms with Gasteiger partial charge in [-0.05, 0) is 19.6 Å². The van der Waals surface area contributed by atoms with Crippen molar-refractivity contribution in [2.45, 2.75) is 33.9 Å². The van der Waals surface area contributed by atoms with Gasteiger partial charge < -0.3 is 8.80 Å². The molecular weight excluding hydrogens is 180 g/mol. The molecule has 0 aliphatic carbocycles. The maximum absolute atomic E-state index is 2.76. The van der Waals surface area contributed by atoms with Crippen LogP contribution in [0.4, 0.5) is 0 Å². The normalized spacial score (nSPS) is 13.0. The first kappa shape index (κ1) is 12.4. The van der Waals surface area contributed by atoms with Crippen LogP contribution in [-0.2, 0) is 0 Å². The van der Waals surface area contributed by atoms with E-state index in [0.717, 1.165) is 0 Å². The van der Waals surface area contributed by atoms with E-state index < -0.39 is 8.96 Å². The fraction of sp³-hybridized carbons (Fsp3) is 1.00. The molecule has 0 bridgehead atoms. The van der Waals surface area contributed by atoms with Crippen LogP contribution < -0.4 is 0 Å². The molecule has 0 heterocycles. The van der Waals surface area contributed by atoms with E-state index in [1.54, 1.807) is 0 Å². The van der Waals surface area contributed by atoms with Gasteiger partial charge in [0.2, 0.25) is 0 Å². The number of nitrogens with zero attached hydrogens (tertiary/aromatic N) is 2. The summed E-state index contributed by atoms with van der Waals surface area (Å²) in [6.07, 6.45) is 0. The van der Waals surface area contributed by atoms with E-state index in [0.29, 0.717) is 0 Å². The second-order valence-corrected chi connectivity index (χ2v) is 9.08. The zero-order chi connectivity index (χ0) is 9.56. The lowest BCUT2D eigenvalue weighted by atomic mass is 10.7. The SMILES string of the molecule is CCN(CC)[SiH2]N(CC)[SiH](C)C. The Hall–Kier alpha value is 0.354. The average molecular weight is 204 g/mol. The van der Waals surface area contributed by atoms with Crippen LogP contribution in [-0.4, -0.2) is 47.2 Å². The van der Waals surface area contributed by atoms with Crippen LogP contribution in [0.5, 0.6) is 0 Å². The summed E-state index contributed by atoms with van der Waals surface area (Å²) in [6, 6.07) is 0. The molecule has 0 aliphatic heterocycles. The molecule has 74 valence electrons. The zero-order valence-corrected chi connectivity index (χ0v) is 11.9. The Morgan fingerprint density at radius 2 is 1.50 bits per heavy atom. The Bertz CT molecular complexity index is 105. The Labute approximate surface area is 81.6 Å². The van der Waals surface area contributed by atoms with Gasteiger partial charge in [-0.25, -0.2) is 0 Å². The number of hydrogen-bond acceptors (Lipinski definition) is 2. The molecule has 0 unspecified atom stereocenters. The van der Waals surface area contributed by atoms with Crippen LogP contribution in [0.1, 0.15) is 20.8 Å². The molecule has 2 nitrogen and oxygen atoms in total. The molecule has 0 aromatic carbocycles. The minimum absolute atomic E-state index is 0.0799. The summed E-state index contributed by atoms with van der Waals surface area (Å²) in [5.74, 6) is 0. The standard InChI is InChI=1S/C8H24N2Si2/c1-6-9(7-2)11-10(8-3)12(4)5/h12H,6-8,11H2,1-5H3. The highest BCUT2D eigenvalue weighted by Crippen LogP contribution is 1.95. The van der Waals surface area contributed by atoms with Crippen molar-refractivity contribution in [2.75, 3.05) is 19.6 Å². The molecule has 0 saturated heterocycles. The maximum Gasteiger partial charge on any atom is 0.166 e. The van der Waals surface area contributed by atoms with Gasteiger partial charge in [-0.2, -0.15) is 0 Å². The molecular formula is C8H24N2Si2. The highest BCUT2D eigenvalue weighted by atomic mass is 28.3. The molecule has 4 heteroatoms. The topological polar surface area (TPSA) is 6.48 Å². The molecule has 0 saturated carbocycles. The van der Waals surface area contributed by atoms with Crippen molar-refractivity contribution in [1.29, 1.82) is 0 Å². The van der Waals surface area contributed by atoms with Gasteiger partial charge in [0, 0.05) is 0 Å². The average Bonchev–Trinajstić information content (AvgIpc) is 2.06. The van der Waals surface area contributed by atoms with Gasteiger partial charge in [0.15, 0.2) is 9.84 Å². The minimum atomic E-state index is -0.516. The van der Waals surface area contributed by atoms with Crippen molar-refractivity contribution in [2.24, 2.45) is 0 Å². The smallest absolute Gasteiger partial charge is 0.166 e. The highest BCUT2D eigenvalue weighted by Gasteiger charge is 2.11. The summed E-state index contributed by atoms with van der Waals surface area (Å²) >= 11 is 0.